The van der Waals surface area contributed by atoms with Gasteiger partial charge in [0.1, 0.15) is 15.9 Å². The fraction of sp³-hybridized carbons (Fsp3) is 0.900. The van der Waals surface area contributed by atoms with Crippen molar-refractivity contribution in [3.63, 3.8) is 0 Å². The van der Waals surface area contributed by atoms with E-state index in [9.17, 15) is 13.2 Å². The SMILES string of the molecule is CCOC(=O)C(C)NCCCS(=O)(=O)CC. The molecule has 96 valence electrons. The number of carbonyl (C=O) groups excluding carboxylic acids is 1. The molecule has 0 amide bonds. The molecule has 0 heterocycles. The van der Waals surface area contributed by atoms with Crippen molar-refractivity contribution >= 4 is 15.8 Å². The normalized spacial score (nSPS) is 13.4. The summed E-state index contributed by atoms with van der Waals surface area (Å²) in [4.78, 5) is 11.2. The van der Waals surface area contributed by atoms with Crippen molar-refractivity contribution in [1.29, 1.82) is 0 Å². The van der Waals surface area contributed by atoms with Gasteiger partial charge in [0.2, 0.25) is 0 Å². The van der Waals surface area contributed by atoms with Crippen LogP contribution in [0.15, 0.2) is 0 Å². The Balaban J connectivity index is 3.71. The number of rotatable bonds is 8. The molecule has 0 bridgehead atoms. The Labute approximate surface area is 97.5 Å². The summed E-state index contributed by atoms with van der Waals surface area (Å²) < 4.78 is 27.1. The summed E-state index contributed by atoms with van der Waals surface area (Å²) in [7, 11) is -2.90. The largest absolute Gasteiger partial charge is 0.465 e. The maximum Gasteiger partial charge on any atom is 0.322 e. The van der Waals surface area contributed by atoms with E-state index in [1.807, 2.05) is 0 Å². The average molecular weight is 251 g/mol. The molecule has 0 saturated heterocycles. The quantitative estimate of drug-likeness (QED) is 0.498. The third-order valence-electron chi connectivity index (χ3n) is 2.16. The molecule has 0 rings (SSSR count). The van der Waals surface area contributed by atoms with E-state index in [0.29, 0.717) is 19.6 Å². The first kappa shape index (κ1) is 15.4. The Kier molecular flexibility index (Phi) is 7.33. The van der Waals surface area contributed by atoms with E-state index >= 15 is 0 Å². The highest BCUT2D eigenvalue weighted by atomic mass is 32.2. The van der Waals surface area contributed by atoms with E-state index in [0.717, 1.165) is 0 Å². The summed E-state index contributed by atoms with van der Waals surface area (Å²) in [5, 5.41) is 2.92. The zero-order chi connectivity index (χ0) is 12.6. The highest BCUT2D eigenvalue weighted by molar-refractivity contribution is 7.91. The second kappa shape index (κ2) is 7.62. The molecular weight excluding hydrogens is 230 g/mol. The zero-order valence-corrected chi connectivity index (χ0v) is 11.0. The van der Waals surface area contributed by atoms with Crippen LogP contribution < -0.4 is 5.32 Å². The van der Waals surface area contributed by atoms with Crippen LogP contribution in [0.1, 0.15) is 27.2 Å². The molecule has 0 radical (unpaired) electrons. The van der Waals surface area contributed by atoms with Crippen LogP contribution in [0.4, 0.5) is 0 Å². The van der Waals surface area contributed by atoms with Crippen molar-refractivity contribution in [2.75, 3.05) is 24.7 Å². The summed E-state index contributed by atoms with van der Waals surface area (Å²) >= 11 is 0. The summed E-state index contributed by atoms with van der Waals surface area (Å²) in [6.45, 7) is 5.93. The first-order chi connectivity index (χ1) is 7.43. The molecule has 0 fully saturated rings. The van der Waals surface area contributed by atoms with Gasteiger partial charge in [-0.15, -0.1) is 0 Å². The van der Waals surface area contributed by atoms with Crippen molar-refractivity contribution in [2.24, 2.45) is 0 Å². The molecule has 0 aromatic rings. The van der Waals surface area contributed by atoms with Gasteiger partial charge >= 0.3 is 5.97 Å². The van der Waals surface area contributed by atoms with E-state index in [4.69, 9.17) is 4.74 Å². The molecule has 0 saturated carbocycles. The lowest BCUT2D eigenvalue weighted by Gasteiger charge is -2.12. The summed E-state index contributed by atoms with van der Waals surface area (Å²) in [6, 6.07) is -0.385. The Morgan fingerprint density at radius 1 is 1.38 bits per heavy atom. The van der Waals surface area contributed by atoms with Crippen molar-refractivity contribution in [3.05, 3.63) is 0 Å². The van der Waals surface area contributed by atoms with E-state index in [-0.39, 0.29) is 23.5 Å². The van der Waals surface area contributed by atoms with Gasteiger partial charge in [0, 0.05) is 5.75 Å². The zero-order valence-electron chi connectivity index (χ0n) is 10.2. The third kappa shape index (κ3) is 6.79. The van der Waals surface area contributed by atoms with Crippen LogP contribution in [0.5, 0.6) is 0 Å². The van der Waals surface area contributed by atoms with E-state index in [1.165, 1.54) is 0 Å². The van der Waals surface area contributed by atoms with Gasteiger partial charge in [-0.1, -0.05) is 6.92 Å². The first-order valence-electron chi connectivity index (χ1n) is 5.53. The van der Waals surface area contributed by atoms with Gasteiger partial charge in [-0.05, 0) is 26.8 Å². The number of esters is 1. The summed E-state index contributed by atoms with van der Waals surface area (Å²) in [5.41, 5.74) is 0. The smallest absolute Gasteiger partial charge is 0.322 e. The van der Waals surface area contributed by atoms with Crippen LogP contribution in [-0.2, 0) is 19.4 Å². The maximum absolute atomic E-state index is 11.2. The molecular formula is C10H21NO4S. The monoisotopic (exact) mass is 251 g/mol. The highest BCUT2D eigenvalue weighted by Gasteiger charge is 2.13. The highest BCUT2D eigenvalue weighted by Crippen LogP contribution is 1.94. The van der Waals surface area contributed by atoms with Gasteiger partial charge < -0.3 is 10.1 Å². The molecule has 5 nitrogen and oxygen atoms in total. The number of ether oxygens (including phenoxy) is 1. The van der Waals surface area contributed by atoms with Crippen LogP contribution in [0.2, 0.25) is 0 Å². The van der Waals surface area contributed by atoms with Crippen molar-refractivity contribution in [2.45, 2.75) is 33.2 Å². The lowest BCUT2D eigenvalue weighted by atomic mass is 10.3. The van der Waals surface area contributed by atoms with E-state index < -0.39 is 9.84 Å². The molecule has 0 aromatic carbocycles. The van der Waals surface area contributed by atoms with Crippen molar-refractivity contribution in [3.8, 4) is 0 Å². The number of hydrogen-bond donors (Lipinski definition) is 1. The Morgan fingerprint density at radius 2 is 2.00 bits per heavy atom. The predicted octanol–water partition coefficient (Wildman–Crippen LogP) is 0.352. The second-order valence-corrected chi connectivity index (χ2v) is 5.99. The fourth-order valence-corrected chi connectivity index (χ4v) is 1.98. The van der Waals surface area contributed by atoms with Crippen LogP contribution >= 0.6 is 0 Å². The van der Waals surface area contributed by atoms with Crippen LogP contribution in [0.25, 0.3) is 0 Å². The second-order valence-electron chi connectivity index (χ2n) is 3.52. The standard InChI is InChI=1S/C10H21NO4S/c1-4-15-10(12)9(3)11-7-6-8-16(13,14)5-2/h9,11H,4-8H2,1-3H3. The molecule has 1 unspecified atom stereocenters. The molecule has 16 heavy (non-hydrogen) atoms. The van der Waals surface area contributed by atoms with Crippen LogP contribution in [0.3, 0.4) is 0 Å². The fourth-order valence-electron chi connectivity index (χ4n) is 1.11. The number of hydrogen-bond acceptors (Lipinski definition) is 5. The van der Waals surface area contributed by atoms with E-state index in [2.05, 4.69) is 5.32 Å². The topological polar surface area (TPSA) is 72.5 Å². The maximum atomic E-state index is 11.2. The van der Waals surface area contributed by atoms with Crippen molar-refractivity contribution < 1.29 is 17.9 Å². The van der Waals surface area contributed by atoms with Gasteiger partial charge in [0.15, 0.2) is 0 Å². The Hall–Kier alpha value is -0.620. The molecule has 1 N–H and O–H groups in total. The number of sulfone groups is 1. The summed E-state index contributed by atoms with van der Waals surface area (Å²) in [5.74, 6) is 0.0211. The molecule has 0 aliphatic rings. The molecule has 0 aromatic heterocycles. The Morgan fingerprint density at radius 3 is 2.50 bits per heavy atom. The van der Waals surface area contributed by atoms with Gasteiger partial charge in [-0.3, -0.25) is 4.79 Å². The van der Waals surface area contributed by atoms with Gasteiger partial charge in [-0.25, -0.2) is 8.42 Å². The van der Waals surface area contributed by atoms with Gasteiger partial charge in [0.25, 0.3) is 0 Å². The van der Waals surface area contributed by atoms with Gasteiger partial charge in [0.05, 0.1) is 12.4 Å². The first-order valence-corrected chi connectivity index (χ1v) is 7.35. The minimum atomic E-state index is -2.90. The van der Waals surface area contributed by atoms with Crippen LogP contribution in [0, 0.1) is 0 Å². The minimum absolute atomic E-state index is 0.159. The van der Waals surface area contributed by atoms with Crippen molar-refractivity contribution in [1.82, 2.24) is 5.32 Å². The third-order valence-corrected chi connectivity index (χ3v) is 3.95. The molecule has 0 aliphatic heterocycles. The lowest BCUT2D eigenvalue weighted by molar-refractivity contribution is -0.145. The Bertz CT molecular complexity index is 300. The average Bonchev–Trinajstić information content (AvgIpc) is 2.24. The number of nitrogens with one attached hydrogen (secondary N) is 1. The van der Waals surface area contributed by atoms with Crippen LogP contribution in [-0.4, -0.2) is 45.1 Å². The molecule has 0 spiro atoms. The minimum Gasteiger partial charge on any atom is -0.465 e. The van der Waals surface area contributed by atoms with Gasteiger partial charge in [-0.2, -0.15) is 0 Å². The molecule has 0 aliphatic carbocycles. The molecule has 6 heteroatoms. The predicted molar refractivity (Wildman–Crippen MR) is 63.0 cm³/mol. The molecule has 1 atom stereocenters. The summed E-state index contributed by atoms with van der Waals surface area (Å²) in [6.07, 6.45) is 0.514. The lowest BCUT2D eigenvalue weighted by Crippen LogP contribution is -2.36. The van der Waals surface area contributed by atoms with E-state index in [1.54, 1.807) is 20.8 Å². The number of carbonyl (C=O) groups is 1.